The Morgan fingerprint density at radius 2 is 2.22 bits per heavy atom. The van der Waals surface area contributed by atoms with Crippen LogP contribution in [0.2, 0.25) is 0 Å². The zero-order chi connectivity index (χ0) is 13.3. The first-order valence-electron chi connectivity index (χ1n) is 5.65. The van der Waals surface area contributed by atoms with E-state index in [-0.39, 0.29) is 12.2 Å². The minimum atomic E-state index is -3.17. The number of sulfone groups is 1. The van der Waals surface area contributed by atoms with Crippen LogP contribution in [-0.4, -0.2) is 38.2 Å². The van der Waals surface area contributed by atoms with Gasteiger partial charge in [0.25, 0.3) is 0 Å². The summed E-state index contributed by atoms with van der Waals surface area (Å²) < 4.78 is 28.7. The molecule has 1 aliphatic heterocycles. The van der Waals surface area contributed by atoms with E-state index in [1.165, 1.54) is 0 Å². The Kier molecular flexibility index (Phi) is 3.99. The Labute approximate surface area is 115 Å². The standard InChI is InChI=1S/C12H15BrO4S/c1-18(15,16)7-11(14)6-9-5-10(13)4-8-2-3-17-12(8)9/h4-5,11,14H,2-3,6-7H2,1H3. The Morgan fingerprint density at radius 3 is 2.89 bits per heavy atom. The van der Waals surface area contributed by atoms with Crippen LogP contribution in [0.1, 0.15) is 11.1 Å². The molecule has 1 atom stereocenters. The highest BCUT2D eigenvalue weighted by molar-refractivity contribution is 9.10. The zero-order valence-corrected chi connectivity index (χ0v) is 12.4. The molecule has 0 saturated heterocycles. The third-order valence-electron chi connectivity index (χ3n) is 2.78. The number of aliphatic hydroxyl groups excluding tert-OH is 1. The van der Waals surface area contributed by atoms with Crippen LogP contribution in [0.25, 0.3) is 0 Å². The summed E-state index contributed by atoms with van der Waals surface area (Å²) in [6.45, 7) is 0.640. The average molecular weight is 335 g/mol. The first kappa shape index (κ1) is 13.8. The highest BCUT2D eigenvalue weighted by Gasteiger charge is 2.21. The van der Waals surface area contributed by atoms with E-state index in [1.807, 2.05) is 12.1 Å². The Morgan fingerprint density at radius 1 is 1.50 bits per heavy atom. The van der Waals surface area contributed by atoms with Crippen molar-refractivity contribution in [3.63, 3.8) is 0 Å². The van der Waals surface area contributed by atoms with Gasteiger partial charge in [-0.1, -0.05) is 15.9 Å². The lowest BCUT2D eigenvalue weighted by Crippen LogP contribution is -2.22. The summed E-state index contributed by atoms with van der Waals surface area (Å²) in [6.07, 6.45) is 1.36. The van der Waals surface area contributed by atoms with Crippen molar-refractivity contribution >= 4 is 25.8 Å². The maximum absolute atomic E-state index is 11.1. The topological polar surface area (TPSA) is 63.6 Å². The highest BCUT2D eigenvalue weighted by atomic mass is 79.9. The largest absolute Gasteiger partial charge is 0.493 e. The maximum atomic E-state index is 11.1. The summed E-state index contributed by atoms with van der Waals surface area (Å²) in [7, 11) is -3.17. The smallest absolute Gasteiger partial charge is 0.150 e. The third kappa shape index (κ3) is 3.46. The molecule has 0 fully saturated rings. The summed E-state index contributed by atoms with van der Waals surface area (Å²) in [4.78, 5) is 0. The minimum Gasteiger partial charge on any atom is -0.493 e. The van der Waals surface area contributed by atoms with Gasteiger partial charge in [-0.2, -0.15) is 0 Å². The van der Waals surface area contributed by atoms with E-state index in [4.69, 9.17) is 4.74 Å². The fourth-order valence-electron chi connectivity index (χ4n) is 2.16. The van der Waals surface area contributed by atoms with Gasteiger partial charge in [-0.3, -0.25) is 0 Å². The maximum Gasteiger partial charge on any atom is 0.150 e. The van der Waals surface area contributed by atoms with Crippen LogP contribution in [0.4, 0.5) is 0 Å². The lowest BCUT2D eigenvalue weighted by molar-refractivity contribution is 0.196. The Hall–Kier alpha value is -0.590. The van der Waals surface area contributed by atoms with E-state index in [2.05, 4.69) is 15.9 Å². The molecule has 0 amide bonds. The molecule has 0 aliphatic carbocycles. The van der Waals surface area contributed by atoms with Gasteiger partial charge in [0.2, 0.25) is 0 Å². The second-order valence-corrected chi connectivity index (χ2v) is 7.70. The zero-order valence-electron chi connectivity index (χ0n) is 10.0. The molecular weight excluding hydrogens is 320 g/mol. The summed E-state index contributed by atoms with van der Waals surface area (Å²) >= 11 is 3.41. The van der Waals surface area contributed by atoms with Crippen LogP contribution in [0.3, 0.4) is 0 Å². The first-order chi connectivity index (χ1) is 8.35. The number of fused-ring (bicyclic) bond motifs is 1. The lowest BCUT2D eigenvalue weighted by Gasteiger charge is -2.13. The highest BCUT2D eigenvalue weighted by Crippen LogP contribution is 2.33. The first-order valence-corrected chi connectivity index (χ1v) is 8.50. The summed E-state index contributed by atoms with van der Waals surface area (Å²) in [5, 5.41) is 9.81. The van der Waals surface area contributed by atoms with Gasteiger partial charge in [0.1, 0.15) is 15.6 Å². The number of halogens is 1. The predicted octanol–water partition coefficient (Wildman–Crippen LogP) is 1.33. The quantitative estimate of drug-likeness (QED) is 0.902. The van der Waals surface area contributed by atoms with E-state index in [0.717, 1.165) is 34.0 Å². The van der Waals surface area contributed by atoms with Crippen LogP contribution in [0, 0.1) is 0 Å². The van der Waals surface area contributed by atoms with Crippen LogP contribution >= 0.6 is 15.9 Å². The van der Waals surface area contributed by atoms with Gasteiger partial charge >= 0.3 is 0 Å². The molecule has 1 heterocycles. The third-order valence-corrected chi connectivity index (χ3v) is 4.22. The molecule has 0 saturated carbocycles. The van der Waals surface area contributed by atoms with Gasteiger partial charge in [0.05, 0.1) is 18.5 Å². The second kappa shape index (κ2) is 5.19. The van der Waals surface area contributed by atoms with Gasteiger partial charge in [-0.05, 0) is 23.3 Å². The minimum absolute atomic E-state index is 0.228. The Bertz CT molecular complexity index is 553. The number of benzene rings is 1. The molecule has 1 unspecified atom stereocenters. The summed E-state index contributed by atoms with van der Waals surface area (Å²) in [5.41, 5.74) is 1.96. The van der Waals surface area contributed by atoms with Crippen LogP contribution < -0.4 is 4.74 Å². The van der Waals surface area contributed by atoms with Gasteiger partial charge < -0.3 is 9.84 Å². The van der Waals surface area contributed by atoms with Crippen LogP contribution in [0.15, 0.2) is 16.6 Å². The number of ether oxygens (including phenoxy) is 1. The number of hydrogen-bond donors (Lipinski definition) is 1. The van der Waals surface area contributed by atoms with Crippen molar-refractivity contribution in [3.8, 4) is 5.75 Å². The fourth-order valence-corrected chi connectivity index (χ4v) is 3.53. The molecule has 1 aromatic rings. The molecular formula is C12H15BrO4S. The van der Waals surface area contributed by atoms with E-state index in [0.29, 0.717) is 6.61 Å². The number of hydrogen-bond acceptors (Lipinski definition) is 4. The van der Waals surface area contributed by atoms with Crippen molar-refractivity contribution in [3.05, 3.63) is 27.7 Å². The van der Waals surface area contributed by atoms with Crippen molar-refractivity contribution < 1.29 is 18.3 Å². The monoisotopic (exact) mass is 334 g/mol. The Balaban J connectivity index is 2.19. The second-order valence-electron chi connectivity index (χ2n) is 4.60. The van der Waals surface area contributed by atoms with Crippen molar-refractivity contribution in [1.82, 2.24) is 0 Å². The lowest BCUT2D eigenvalue weighted by atomic mass is 10.0. The molecule has 0 spiro atoms. The van der Waals surface area contributed by atoms with Gasteiger partial charge in [0, 0.05) is 23.6 Å². The summed E-state index contributed by atoms with van der Waals surface area (Å²) in [5.74, 6) is 0.569. The van der Waals surface area contributed by atoms with Crippen LogP contribution in [0.5, 0.6) is 5.75 Å². The molecule has 4 nitrogen and oxygen atoms in total. The summed E-state index contributed by atoms with van der Waals surface area (Å²) in [6, 6.07) is 3.87. The molecule has 100 valence electrons. The molecule has 18 heavy (non-hydrogen) atoms. The average Bonchev–Trinajstić information content (AvgIpc) is 2.61. The van der Waals surface area contributed by atoms with Crippen molar-refractivity contribution in [2.24, 2.45) is 0 Å². The van der Waals surface area contributed by atoms with Gasteiger partial charge in [-0.25, -0.2) is 8.42 Å². The number of aliphatic hydroxyl groups is 1. The van der Waals surface area contributed by atoms with Crippen molar-refractivity contribution in [1.29, 1.82) is 0 Å². The molecule has 1 aromatic carbocycles. The molecule has 0 radical (unpaired) electrons. The normalized spacial score (nSPS) is 16.2. The van der Waals surface area contributed by atoms with Crippen molar-refractivity contribution in [2.75, 3.05) is 18.6 Å². The number of rotatable bonds is 4. The van der Waals surface area contributed by atoms with Gasteiger partial charge in [0.15, 0.2) is 0 Å². The fraction of sp³-hybridized carbons (Fsp3) is 0.500. The van der Waals surface area contributed by atoms with Gasteiger partial charge in [-0.15, -0.1) is 0 Å². The molecule has 0 bridgehead atoms. The molecule has 2 rings (SSSR count). The molecule has 0 aromatic heterocycles. The van der Waals surface area contributed by atoms with Crippen molar-refractivity contribution in [2.45, 2.75) is 18.9 Å². The van der Waals surface area contributed by atoms with E-state index in [9.17, 15) is 13.5 Å². The molecule has 1 aliphatic rings. The van der Waals surface area contributed by atoms with E-state index >= 15 is 0 Å². The SMILES string of the molecule is CS(=O)(=O)CC(O)Cc1cc(Br)cc2c1OCC2. The van der Waals surface area contributed by atoms with Crippen LogP contribution in [-0.2, 0) is 22.7 Å². The molecule has 6 heteroatoms. The molecule has 1 N–H and O–H groups in total. The predicted molar refractivity (Wildman–Crippen MR) is 72.8 cm³/mol. The van der Waals surface area contributed by atoms with E-state index in [1.54, 1.807) is 0 Å². The van der Waals surface area contributed by atoms with E-state index < -0.39 is 15.9 Å².